The summed E-state index contributed by atoms with van der Waals surface area (Å²) in [6.07, 6.45) is 1.67. The van der Waals surface area contributed by atoms with Crippen LogP contribution in [-0.4, -0.2) is 57.2 Å². The number of ether oxygens (including phenoxy) is 1. The Balaban J connectivity index is 1.32. The fourth-order valence-corrected chi connectivity index (χ4v) is 5.06. The quantitative estimate of drug-likeness (QED) is 0.410. The summed E-state index contributed by atoms with van der Waals surface area (Å²) in [6.45, 7) is 2.57. The highest BCUT2D eigenvalue weighted by Crippen LogP contribution is 2.37. The molecule has 5 rings (SSSR count). The van der Waals surface area contributed by atoms with Crippen molar-refractivity contribution in [3.8, 4) is 5.75 Å². The second-order valence-electron chi connectivity index (χ2n) is 8.22. The van der Waals surface area contributed by atoms with Crippen molar-refractivity contribution in [2.75, 3.05) is 25.0 Å². The summed E-state index contributed by atoms with van der Waals surface area (Å²) in [5.74, 6) is -5.12. The van der Waals surface area contributed by atoms with Gasteiger partial charge < -0.3 is 23.9 Å². The summed E-state index contributed by atoms with van der Waals surface area (Å²) < 4.78 is 56.5. The second-order valence-corrected chi connectivity index (χ2v) is 9.10. The van der Waals surface area contributed by atoms with Gasteiger partial charge in [0.15, 0.2) is 28.9 Å². The maximum Gasteiger partial charge on any atom is 0.311 e. The molecule has 0 aliphatic carbocycles. The van der Waals surface area contributed by atoms with Gasteiger partial charge in [-0.1, -0.05) is 0 Å². The van der Waals surface area contributed by atoms with Gasteiger partial charge in [0.05, 0.1) is 11.5 Å². The van der Waals surface area contributed by atoms with Crippen LogP contribution in [0.25, 0.3) is 0 Å². The molecule has 0 bridgehead atoms. The summed E-state index contributed by atoms with van der Waals surface area (Å²) in [5.41, 5.74) is -0.121. The molecule has 1 fully saturated rings. The van der Waals surface area contributed by atoms with Gasteiger partial charge in [-0.2, -0.15) is 0 Å². The zero-order valence-electron chi connectivity index (χ0n) is 18.5. The number of aromatic nitrogens is 3. The lowest BCUT2D eigenvalue weighted by Gasteiger charge is -2.23. The molecule has 2 atom stereocenters. The lowest BCUT2D eigenvalue weighted by molar-refractivity contribution is 0.0741. The molecule has 35 heavy (non-hydrogen) atoms. The normalized spacial score (nSPS) is 19.4. The molecule has 14 heteroatoms. The van der Waals surface area contributed by atoms with Gasteiger partial charge in [-0.15, -0.1) is 10.2 Å². The average molecular weight is 508 g/mol. The number of carbonyl (C=O) groups is 2. The highest BCUT2D eigenvalue weighted by molar-refractivity contribution is 7.97. The van der Waals surface area contributed by atoms with Gasteiger partial charge in [0.25, 0.3) is 5.91 Å². The van der Waals surface area contributed by atoms with Crippen LogP contribution >= 0.6 is 11.9 Å². The molecule has 10 nitrogen and oxygen atoms in total. The Labute approximate surface area is 200 Å². The number of halogens is 3. The Bertz CT molecular complexity index is 1310. The van der Waals surface area contributed by atoms with Gasteiger partial charge in [0.2, 0.25) is 5.89 Å². The van der Waals surface area contributed by atoms with Gasteiger partial charge in [-0.25, -0.2) is 13.2 Å². The molecule has 2 aliphatic heterocycles. The SMILES string of the molecule is Cc1nnc(C(=O)N2CC3COc4c(cn(C)c4C(=O)Nc4cc(F)c(F)c(F)c4)SNC3C2)o1. The van der Waals surface area contributed by atoms with Crippen molar-refractivity contribution >= 4 is 29.4 Å². The Morgan fingerprint density at radius 1 is 1.20 bits per heavy atom. The number of carbonyl (C=O) groups excluding carboxylic acids is 2. The van der Waals surface area contributed by atoms with E-state index in [-0.39, 0.29) is 47.5 Å². The second kappa shape index (κ2) is 8.92. The molecule has 0 saturated carbocycles. The van der Waals surface area contributed by atoms with Crippen LogP contribution in [-0.2, 0) is 7.05 Å². The molecule has 0 spiro atoms. The van der Waals surface area contributed by atoms with Gasteiger partial charge in [0, 0.05) is 63.0 Å². The molecular weight excluding hydrogens is 489 g/mol. The van der Waals surface area contributed by atoms with Crippen molar-refractivity contribution in [3.05, 3.63) is 53.3 Å². The Morgan fingerprint density at radius 2 is 1.94 bits per heavy atom. The largest absolute Gasteiger partial charge is 0.489 e. The zero-order chi connectivity index (χ0) is 24.9. The summed E-state index contributed by atoms with van der Waals surface area (Å²) in [5, 5.41) is 9.85. The lowest BCUT2D eigenvalue weighted by atomic mass is 10.1. The van der Waals surface area contributed by atoms with E-state index in [1.54, 1.807) is 25.1 Å². The number of anilines is 1. The molecule has 4 heterocycles. The van der Waals surface area contributed by atoms with E-state index < -0.39 is 23.4 Å². The minimum absolute atomic E-state index is 0.0816. The number of fused-ring (bicyclic) bond motifs is 2. The van der Waals surface area contributed by atoms with Crippen LogP contribution in [0.2, 0.25) is 0 Å². The highest BCUT2D eigenvalue weighted by atomic mass is 32.2. The average Bonchev–Trinajstić information content (AvgIpc) is 3.49. The van der Waals surface area contributed by atoms with Crippen LogP contribution in [0.15, 0.2) is 27.6 Å². The van der Waals surface area contributed by atoms with E-state index in [1.165, 1.54) is 16.5 Å². The standard InChI is InChI=1S/C21H19F3N6O4S/c1-9-26-27-20(34-9)21(32)30-5-10-8-33-18-15(35-28-14(10)6-30)7-29(2)17(18)19(31)25-11-3-12(22)16(24)13(23)4-11/h3-4,7,10,14,28H,5-6,8H2,1-2H3,(H,25,31). The molecule has 2 aromatic heterocycles. The fourth-order valence-electron chi connectivity index (χ4n) is 4.06. The Morgan fingerprint density at radius 3 is 2.63 bits per heavy atom. The van der Waals surface area contributed by atoms with Gasteiger partial charge in [-0.05, 0) is 11.9 Å². The molecule has 2 amide bonds. The molecule has 0 radical (unpaired) electrons. The van der Waals surface area contributed by atoms with E-state index in [9.17, 15) is 22.8 Å². The number of nitrogens with one attached hydrogen (secondary N) is 2. The first-order valence-electron chi connectivity index (χ1n) is 10.5. The maximum atomic E-state index is 13.6. The molecule has 1 saturated heterocycles. The smallest absolute Gasteiger partial charge is 0.311 e. The zero-order valence-corrected chi connectivity index (χ0v) is 19.3. The fraction of sp³-hybridized carbons (Fsp3) is 0.333. The number of amides is 2. The van der Waals surface area contributed by atoms with Crippen LogP contribution in [0.3, 0.4) is 0 Å². The number of likely N-dealkylation sites (tertiary alicyclic amines) is 1. The third kappa shape index (κ3) is 4.34. The van der Waals surface area contributed by atoms with E-state index >= 15 is 0 Å². The van der Waals surface area contributed by atoms with Crippen molar-refractivity contribution < 1.29 is 31.9 Å². The molecular formula is C21H19F3N6O4S. The van der Waals surface area contributed by atoms with Crippen LogP contribution in [0.5, 0.6) is 5.75 Å². The predicted molar refractivity (Wildman–Crippen MR) is 116 cm³/mol. The van der Waals surface area contributed by atoms with Crippen molar-refractivity contribution in [2.24, 2.45) is 13.0 Å². The monoisotopic (exact) mass is 508 g/mol. The topological polar surface area (TPSA) is 115 Å². The highest BCUT2D eigenvalue weighted by Gasteiger charge is 2.39. The van der Waals surface area contributed by atoms with Crippen molar-refractivity contribution in [3.63, 3.8) is 0 Å². The third-order valence-electron chi connectivity index (χ3n) is 5.76. The molecule has 2 N–H and O–H groups in total. The summed E-state index contributed by atoms with van der Waals surface area (Å²) in [6, 6.07) is 1.29. The molecule has 184 valence electrons. The van der Waals surface area contributed by atoms with Crippen molar-refractivity contribution in [1.29, 1.82) is 0 Å². The summed E-state index contributed by atoms with van der Waals surface area (Å²) in [4.78, 5) is 27.9. The van der Waals surface area contributed by atoms with Crippen LogP contribution in [0, 0.1) is 30.3 Å². The Hall–Kier alpha value is -3.52. The van der Waals surface area contributed by atoms with Crippen LogP contribution in [0.1, 0.15) is 27.1 Å². The maximum absolute atomic E-state index is 13.6. The van der Waals surface area contributed by atoms with Gasteiger partial charge >= 0.3 is 11.8 Å². The number of aryl methyl sites for hydroxylation is 2. The number of hydrogen-bond acceptors (Lipinski definition) is 8. The van der Waals surface area contributed by atoms with E-state index in [4.69, 9.17) is 9.15 Å². The molecule has 1 aromatic carbocycles. The number of hydrogen-bond donors (Lipinski definition) is 2. The minimum Gasteiger partial charge on any atom is -0.489 e. The van der Waals surface area contributed by atoms with Crippen molar-refractivity contribution in [1.82, 2.24) is 24.4 Å². The van der Waals surface area contributed by atoms with Gasteiger partial charge in [-0.3, -0.25) is 14.3 Å². The predicted octanol–water partition coefficient (Wildman–Crippen LogP) is 2.52. The third-order valence-corrected chi connectivity index (χ3v) is 6.69. The number of rotatable bonds is 3. The van der Waals surface area contributed by atoms with E-state index in [0.717, 1.165) is 0 Å². The molecule has 3 aromatic rings. The lowest BCUT2D eigenvalue weighted by Crippen LogP contribution is -2.36. The van der Waals surface area contributed by atoms with E-state index in [1.807, 2.05) is 0 Å². The van der Waals surface area contributed by atoms with Crippen molar-refractivity contribution in [2.45, 2.75) is 17.9 Å². The molecule has 2 aliphatic rings. The molecule has 2 unspecified atom stereocenters. The Kier molecular flexibility index (Phi) is 5.92. The minimum atomic E-state index is -1.62. The number of benzene rings is 1. The summed E-state index contributed by atoms with van der Waals surface area (Å²) in [7, 11) is 1.63. The van der Waals surface area contributed by atoms with Crippen LogP contribution < -0.4 is 14.8 Å². The van der Waals surface area contributed by atoms with Gasteiger partial charge in [0.1, 0.15) is 0 Å². The van der Waals surface area contributed by atoms with E-state index in [2.05, 4.69) is 20.2 Å². The first-order valence-corrected chi connectivity index (χ1v) is 11.3. The first-order chi connectivity index (χ1) is 16.7. The number of nitrogens with zero attached hydrogens (tertiary/aromatic N) is 4. The first kappa shape index (κ1) is 23.2. The van der Waals surface area contributed by atoms with E-state index in [0.29, 0.717) is 36.0 Å². The summed E-state index contributed by atoms with van der Waals surface area (Å²) >= 11 is 1.24. The van der Waals surface area contributed by atoms with Crippen LogP contribution in [0.4, 0.5) is 18.9 Å².